The minimum absolute atomic E-state index is 0.127. The Morgan fingerprint density at radius 1 is 0.925 bits per heavy atom. The number of nitrogens with zero attached hydrogens (tertiary/aromatic N) is 4. The number of hydrogen-bond donors (Lipinski definition) is 1. The van der Waals surface area contributed by atoms with Crippen LogP contribution in [-0.4, -0.2) is 87.5 Å². The van der Waals surface area contributed by atoms with Crippen LogP contribution in [0.3, 0.4) is 0 Å². The lowest BCUT2D eigenvalue weighted by Crippen LogP contribution is -2.48. The zero-order chi connectivity index (χ0) is 37.2. The molecule has 1 spiro atoms. The lowest BCUT2D eigenvalue weighted by molar-refractivity contribution is -0.151. The van der Waals surface area contributed by atoms with Gasteiger partial charge in [-0.25, -0.2) is 9.59 Å². The SMILES string of the molecule is C[C@H]1[C@H]([Si](C)(C)F)[C@@H](CC(=O)N2Cc3ccccc3C[C@H]2CO)O[C@]12C(=O)N(Cc1cccc(N3CCOC3=O)c1)c1ccc(N3CCOC3=O)cc12. The third kappa shape index (κ3) is 5.87. The minimum Gasteiger partial charge on any atom is -0.447 e. The van der Waals surface area contributed by atoms with Crippen molar-refractivity contribution in [3.8, 4) is 0 Å². The molecule has 0 unspecified atom stereocenters. The van der Waals surface area contributed by atoms with E-state index in [2.05, 4.69) is 0 Å². The van der Waals surface area contributed by atoms with Gasteiger partial charge < -0.3 is 33.2 Å². The van der Waals surface area contributed by atoms with E-state index in [0.717, 1.165) is 16.7 Å². The molecule has 5 atom stereocenters. The Kier molecular flexibility index (Phi) is 8.81. The van der Waals surface area contributed by atoms with Crippen molar-refractivity contribution >= 4 is 49.5 Å². The van der Waals surface area contributed by atoms with Crippen molar-refractivity contribution in [2.24, 2.45) is 5.92 Å². The lowest BCUT2D eigenvalue weighted by atomic mass is 9.82. The maximum atomic E-state index is 16.7. The second-order valence-corrected chi connectivity index (χ2v) is 18.9. The second kappa shape index (κ2) is 13.3. The van der Waals surface area contributed by atoms with Gasteiger partial charge in [-0.1, -0.05) is 43.3 Å². The number of anilines is 3. The highest BCUT2D eigenvalue weighted by molar-refractivity contribution is 6.72. The Hall–Kier alpha value is -4.79. The Labute approximate surface area is 308 Å². The zero-order valence-electron chi connectivity index (χ0n) is 30.0. The van der Waals surface area contributed by atoms with Gasteiger partial charge in [0, 0.05) is 34.9 Å². The molecule has 0 saturated carbocycles. The van der Waals surface area contributed by atoms with E-state index in [4.69, 9.17) is 14.2 Å². The minimum atomic E-state index is -3.62. The molecule has 12 nitrogen and oxygen atoms in total. The molecule has 278 valence electrons. The third-order valence-corrected chi connectivity index (χ3v) is 14.1. The Morgan fingerprint density at radius 2 is 1.60 bits per heavy atom. The van der Waals surface area contributed by atoms with Gasteiger partial charge in [0.25, 0.3) is 5.91 Å². The van der Waals surface area contributed by atoms with Gasteiger partial charge in [0.2, 0.25) is 14.3 Å². The summed E-state index contributed by atoms with van der Waals surface area (Å²) in [4.78, 5) is 60.7. The summed E-state index contributed by atoms with van der Waals surface area (Å²) in [5.41, 5.74) is 2.66. The number of benzene rings is 3. The normalized spacial score (nSPS) is 26.7. The van der Waals surface area contributed by atoms with Gasteiger partial charge >= 0.3 is 12.2 Å². The first kappa shape index (κ1) is 35.2. The number of ether oxygens (including phenoxy) is 3. The first-order valence-electron chi connectivity index (χ1n) is 18.2. The van der Waals surface area contributed by atoms with E-state index in [9.17, 15) is 19.5 Å². The molecule has 0 aliphatic carbocycles. The van der Waals surface area contributed by atoms with Gasteiger partial charge in [0.15, 0.2) is 5.60 Å². The number of fused-ring (bicyclic) bond motifs is 3. The molecule has 0 aromatic heterocycles. The van der Waals surface area contributed by atoms with Gasteiger partial charge in [-0.2, -0.15) is 0 Å². The Balaban J connectivity index is 1.17. The van der Waals surface area contributed by atoms with E-state index < -0.39 is 49.8 Å². The quantitative estimate of drug-likeness (QED) is 0.245. The van der Waals surface area contributed by atoms with Crippen molar-refractivity contribution in [2.45, 2.75) is 69.2 Å². The van der Waals surface area contributed by atoms with E-state index in [1.54, 1.807) is 41.1 Å². The highest BCUT2D eigenvalue weighted by Crippen LogP contribution is 2.61. The van der Waals surface area contributed by atoms with Crippen LogP contribution in [0.2, 0.25) is 18.6 Å². The maximum absolute atomic E-state index is 16.7. The molecule has 3 aromatic carbocycles. The summed E-state index contributed by atoms with van der Waals surface area (Å²) in [6.07, 6.45) is -1.53. The molecule has 3 aromatic rings. The summed E-state index contributed by atoms with van der Waals surface area (Å²) in [5, 5.41) is 10.3. The summed E-state index contributed by atoms with van der Waals surface area (Å²) >= 11 is 0. The topological polar surface area (TPSA) is 129 Å². The van der Waals surface area contributed by atoms with E-state index >= 15 is 8.90 Å². The van der Waals surface area contributed by atoms with Gasteiger partial charge in [-0.05, 0) is 66.5 Å². The molecule has 53 heavy (non-hydrogen) atoms. The van der Waals surface area contributed by atoms with Crippen molar-refractivity contribution in [3.05, 3.63) is 89.0 Å². The van der Waals surface area contributed by atoms with Crippen LogP contribution in [0.25, 0.3) is 0 Å². The smallest absolute Gasteiger partial charge is 0.414 e. The Bertz CT molecular complexity index is 1990. The molecule has 4 amide bonds. The molecule has 8 rings (SSSR count). The number of carbonyl (C=O) groups is 4. The second-order valence-electron chi connectivity index (χ2n) is 15.1. The average Bonchev–Trinajstić information content (AvgIpc) is 3.89. The van der Waals surface area contributed by atoms with Gasteiger partial charge in [0.1, 0.15) is 13.2 Å². The monoisotopic (exact) mass is 742 g/mol. The fourth-order valence-electron chi connectivity index (χ4n) is 9.15. The summed E-state index contributed by atoms with van der Waals surface area (Å²) in [5.74, 6) is -1.33. The van der Waals surface area contributed by atoms with Crippen LogP contribution in [0.5, 0.6) is 0 Å². The number of aliphatic hydroxyl groups excluding tert-OH is 1. The lowest BCUT2D eigenvalue weighted by Gasteiger charge is -2.37. The molecule has 3 saturated heterocycles. The molecular weight excluding hydrogens is 700 g/mol. The summed E-state index contributed by atoms with van der Waals surface area (Å²) in [6.45, 7) is 6.49. The molecule has 1 N–H and O–H groups in total. The largest absolute Gasteiger partial charge is 0.447 e. The van der Waals surface area contributed by atoms with Crippen LogP contribution in [0, 0.1) is 5.92 Å². The van der Waals surface area contributed by atoms with Crippen molar-refractivity contribution in [3.63, 3.8) is 0 Å². The standard InChI is InChI=1S/C39H43FN4O8Si/c1-24-35(53(2,3)40)33(20-34(46)43-22-27-9-5-4-8-26(27)18-30(43)23-45)52-39(24)31-19-29(42-14-16-51-38(42)49)11-12-32(31)44(36(39)47)21-25-7-6-10-28(17-25)41-13-15-50-37(41)48/h4-12,17,19,24,30,33,35,45H,13-16,18,20-23H2,1-3H3/t24-,30-,33+,35-,39+/m0/s1. The van der Waals surface area contributed by atoms with Gasteiger partial charge in [0.05, 0.1) is 50.5 Å². The van der Waals surface area contributed by atoms with Crippen molar-refractivity contribution in [2.75, 3.05) is 47.6 Å². The van der Waals surface area contributed by atoms with Crippen LogP contribution < -0.4 is 14.7 Å². The number of aliphatic hydroxyl groups is 1. The molecule has 5 aliphatic heterocycles. The van der Waals surface area contributed by atoms with Crippen LogP contribution in [0.15, 0.2) is 66.7 Å². The number of rotatable bonds is 8. The summed E-state index contributed by atoms with van der Waals surface area (Å²) in [7, 11) is -3.62. The third-order valence-electron chi connectivity index (χ3n) is 11.6. The number of halogens is 1. The van der Waals surface area contributed by atoms with Gasteiger partial charge in [-0.15, -0.1) is 0 Å². The highest BCUT2D eigenvalue weighted by atomic mass is 28.4. The van der Waals surface area contributed by atoms with Crippen LogP contribution in [0.4, 0.5) is 30.8 Å². The molecule has 14 heteroatoms. The highest BCUT2D eigenvalue weighted by Gasteiger charge is 2.67. The predicted octanol–water partition coefficient (Wildman–Crippen LogP) is 5.26. The van der Waals surface area contributed by atoms with Crippen LogP contribution in [-0.2, 0) is 48.9 Å². The molecule has 5 aliphatic rings. The molecule has 0 bridgehead atoms. The number of hydrogen-bond acceptors (Lipinski definition) is 8. The number of cyclic esters (lactones) is 2. The molecule has 5 heterocycles. The van der Waals surface area contributed by atoms with Crippen molar-refractivity contribution in [1.82, 2.24) is 4.90 Å². The van der Waals surface area contributed by atoms with Crippen molar-refractivity contribution < 1.29 is 42.6 Å². The zero-order valence-corrected chi connectivity index (χ0v) is 31.0. The van der Waals surface area contributed by atoms with E-state index in [1.165, 1.54) is 9.80 Å². The first-order valence-corrected chi connectivity index (χ1v) is 21.1. The van der Waals surface area contributed by atoms with E-state index in [0.29, 0.717) is 48.7 Å². The maximum Gasteiger partial charge on any atom is 0.414 e. The molecule has 0 radical (unpaired) electrons. The van der Waals surface area contributed by atoms with Gasteiger partial charge in [-0.3, -0.25) is 19.4 Å². The fourth-order valence-corrected chi connectivity index (χ4v) is 11.6. The number of amides is 4. The fraction of sp³-hybridized carbons (Fsp3) is 0.436. The Morgan fingerprint density at radius 3 is 2.25 bits per heavy atom. The van der Waals surface area contributed by atoms with E-state index in [1.807, 2.05) is 55.5 Å². The summed E-state index contributed by atoms with van der Waals surface area (Å²) < 4.78 is 33.9. The summed E-state index contributed by atoms with van der Waals surface area (Å²) in [6, 6.07) is 20.0. The van der Waals surface area contributed by atoms with Crippen molar-refractivity contribution in [1.29, 1.82) is 0 Å². The molecular formula is C39H43FN4O8Si. The van der Waals surface area contributed by atoms with Crippen LogP contribution in [0.1, 0.15) is 35.6 Å². The average molecular weight is 743 g/mol. The van der Waals surface area contributed by atoms with Crippen LogP contribution >= 0.6 is 0 Å². The molecule has 3 fully saturated rings. The van der Waals surface area contributed by atoms with E-state index in [-0.39, 0.29) is 44.6 Å². The number of carbonyl (C=O) groups excluding carboxylic acids is 4. The first-order chi connectivity index (χ1) is 25.4. The predicted molar refractivity (Wildman–Crippen MR) is 196 cm³/mol.